The van der Waals surface area contributed by atoms with Gasteiger partial charge in [0.05, 0.1) is 0 Å². The molecule has 0 aliphatic heterocycles. The standard InChI is InChI=1S/C11H13FO3/c1-7(2)10(11(13)14)15-9-5-3-8(12)4-6-9/h3-7,10H,1-2H3,(H,13,14)/t10-/m0/s1. The highest BCUT2D eigenvalue weighted by atomic mass is 19.1. The van der Waals surface area contributed by atoms with E-state index in [0.717, 1.165) is 0 Å². The largest absolute Gasteiger partial charge is 0.478 e. The van der Waals surface area contributed by atoms with Crippen LogP contribution in [0.4, 0.5) is 4.39 Å². The third kappa shape index (κ3) is 3.23. The zero-order valence-electron chi connectivity index (χ0n) is 8.61. The first-order chi connectivity index (χ1) is 7.00. The van der Waals surface area contributed by atoms with Crippen molar-refractivity contribution >= 4 is 5.97 Å². The number of carbonyl (C=O) groups is 1. The number of hydrogen-bond donors (Lipinski definition) is 1. The second-order valence-corrected chi connectivity index (χ2v) is 3.57. The third-order valence-corrected chi connectivity index (χ3v) is 1.93. The van der Waals surface area contributed by atoms with E-state index in [0.29, 0.717) is 5.75 Å². The molecule has 0 spiro atoms. The van der Waals surface area contributed by atoms with Crippen LogP contribution in [0.25, 0.3) is 0 Å². The van der Waals surface area contributed by atoms with Crippen molar-refractivity contribution in [2.75, 3.05) is 0 Å². The van der Waals surface area contributed by atoms with E-state index in [1.807, 2.05) is 0 Å². The van der Waals surface area contributed by atoms with Crippen molar-refractivity contribution in [3.8, 4) is 5.75 Å². The Hall–Kier alpha value is -1.58. The number of carboxylic acid groups (broad SMARTS) is 1. The van der Waals surface area contributed by atoms with Crippen molar-refractivity contribution < 1.29 is 19.0 Å². The molecule has 0 aliphatic carbocycles. The summed E-state index contributed by atoms with van der Waals surface area (Å²) in [6.45, 7) is 3.50. The Morgan fingerprint density at radius 1 is 1.33 bits per heavy atom. The van der Waals surface area contributed by atoms with Crippen molar-refractivity contribution in [2.24, 2.45) is 5.92 Å². The van der Waals surface area contributed by atoms with Gasteiger partial charge in [-0.25, -0.2) is 9.18 Å². The summed E-state index contributed by atoms with van der Waals surface area (Å²) in [5.74, 6) is -1.18. The van der Waals surface area contributed by atoms with E-state index in [-0.39, 0.29) is 11.7 Å². The molecule has 0 amide bonds. The molecule has 0 aliphatic rings. The number of aliphatic carboxylic acids is 1. The number of carboxylic acids is 1. The van der Waals surface area contributed by atoms with Gasteiger partial charge >= 0.3 is 5.97 Å². The van der Waals surface area contributed by atoms with Crippen LogP contribution in [-0.2, 0) is 4.79 Å². The van der Waals surface area contributed by atoms with E-state index in [1.165, 1.54) is 24.3 Å². The van der Waals surface area contributed by atoms with Crippen LogP contribution in [0.2, 0.25) is 0 Å². The molecular weight excluding hydrogens is 199 g/mol. The molecule has 4 heteroatoms. The molecule has 0 radical (unpaired) electrons. The monoisotopic (exact) mass is 212 g/mol. The quantitative estimate of drug-likeness (QED) is 0.833. The normalized spacial score (nSPS) is 12.5. The van der Waals surface area contributed by atoms with Crippen molar-refractivity contribution in [2.45, 2.75) is 20.0 Å². The predicted octanol–water partition coefficient (Wildman–Crippen LogP) is 2.31. The lowest BCUT2D eigenvalue weighted by Crippen LogP contribution is -2.32. The van der Waals surface area contributed by atoms with Gasteiger partial charge < -0.3 is 9.84 Å². The van der Waals surface area contributed by atoms with Gasteiger partial charge in [-0.05, 0) is 24.3 Å². The molecule has 0 fully saturated rings. The summed E-state index contributed by atoms with van der Waals surface area (Å²) in [4.78, 5) is 10.8. The minimum atomic E-state index is -1.02. The first kappa shape index (κ1) is 11.5. The van der Waals surface area contributed by atoms with Crippen LogP contribution in [0.3, 0.4) is 0 Å². The first-order valence-electron chi connectivity index (χ1n) is 4.65. The van der Waals surface area contributed by atoms with Crippen LogP contribution in [-0.4, -0.2) is 17.2 Å². The van der Waals surface area contributed by atoms with Crippen LogP contribution in [0, 0.1) is 11.7 Å². The van der Waals surface area contributed by atoms with Crippen molar-refractivity contribution in [1.29, 1.82) is 0 Å². The van der Waals surface area contributed by atoms with Gasteiger partial charge in [0.1, 0.15) is 11.6 Å². The number of rotatable bonds is 4. The Morgan fingerprint density at radius 3 is 2.27 bits per heavy atom. The molecule has 82 valence electrons. The second kappa shape index (κ2) is 4.77. The number of hydrogen-bond acceptors (Lipinski definition) is 2. The van der Waals surface area contributed by atoms with Crippen LogP contribution in [0.1, 0.15) is 13.8 Å². The van der Waals surface area contributed by atoms with Gasteiger partial charge in [0.25, 0.3) is 0 Å². The molecule has 1 rings (SSSR count). The van der Waals surface area contributed by atoms with E-state index in [9.17, 15) is 9.18 Å². The molecule has 0 aromatic heterocycles. The topological polar surface area (TPSA) is 46.5 Å². The zero-order chi connectivity index (χ0) is 11.4. The average molecular weight is 212 g/mol. The Morgan fingerprint density at radius 2 is 1.87 bits per heavy atom. The Kier molecular flexibility index (Phi) is 3.66. The summed E-state index contributed by atoms with van der Waals surface area (Å²) in [6, 6.07) is 5.28. The molecule has 1 atom stereocenters. The first-order valence-corrected chi connectivity index (χ1v) is 4.65. The van der Waals surface area contributed by atoms with Crippen LogP contribution in [0.5, 0.6) is 5.75 Å². The van der Waals surface area contributed by atoms with Crippen LogP contribution in [0.15, 0.2) is 24.3 Å². The fourth-order valence-corrected chi connectivity index (χ4v) is 1.13. The minimum Gasteiger partial charge on any atom is -0.478 e. The second-order valence-electron chi connectivity index (χ2n) is 3.57. The molecule has 15 heavy (non-hydrogen) atoms. The van der Waals surface area contributed by atoms with E-state index in [2.05, 4.69) is 0 Å². The predicted molar refractivity (Wildman–Crippen MR) is 53.3 cm³/mol. The molecule has 0 unspecified atom stereocenters. The minimum absolute atomic E-state index is 0.146. The number of benzene rings is 1. The van der Waals surface area contributed by atoms with Gasteiger partial charge in [0.15, 0.2) is 6.10 Å². The smallest absolute Gasteiger partial charge is 0.345 e. The molecule has 0 heterocycles. The van der Waals surface area contributed by atoms with E-state index in [1.54, 1.807) is 13.8 Å². The van der Waals surface area contributed by atoms with Gasteiger partial charge in [0.2, 0.25) is 0 Å². The summed E-state index contributed by atoms with van der Waals surface area (Å²) in [5.41, 5.74) is 0. The van der Waals surface area contributed by atoms with Gasteiger partial charge in [-0.3, -0.25) is 0 Å². The Balaban J connectivity index is 2.74. The van der Waals surface area contributed by atoms with Crippen molar-refractivity contribution in [1.82, 2.24) is 0 Å². The highest BCUT2D eigenvalue weighted by Crippen LogP contribution is 2.16. The highest BCUT2D eigenvalue weighted by Gasteiger charge is 2.23. The lowest BCUT2D eigenvalue weighted by Gasteiger charge is -2.18. The lowest BCUT2D eigenvalue weighted by atomic mass is 10.1. The fourth-order valence-electron chi connectivity index (χ4n) is 1.13. The Labute approximate surface area is 87.5 Å². The summed E-state index contributed by atoms with van der Waals surface area (Å²) in [6.07, 6.45) is -0.907. The molecular formula is C11H13FO3. The molecule has 1 aromatic carbocycles. The van der Waals surface area contributed by atoms with Gasteiger partial charge in [-0.15, -0.1) is 0 Å². The molecule has 3 nitrogen and oxygen atoms in total. The number of halogens is 1. The zero-order valence-corrected chi connectivity index (χ0v) is 8.61. The summed E-state index contributed by atoms with van der Waals surface area (Å²) >= 11 is 0. The van der Waals surface area contributed by atoms with Gasteiger partial charge in [0, 0.05) is 5.92 Å². The molecule has 1 N–H and O–H groups in total. The SMILES string of the molecule is CC(C)[C@H](Oc1ccc(F)cc1)C(=O)O. The summed E-state index contributed by atoms with van der Waals surface area (Å²) in [7, 11) is 0. The average Bonchev–Trinajstić information content (AvgIpc) is 2.15. The molecule has 0 saturated carbocycles. The van der Waals surface area contributed by atoms with Crippen molar-refractivity contribution in [3.63, 3.8) is 0 Å². The van der Waals surface area contributed by atoms with E-state index in [4.69, 9.17) is 9.84 Å². The third-order valence-electron chi connectivity index (χ3n) is 1.93. The van der Waals surface area contributed by atoms with Crippen molar-refractivity contribution in [3.05, 3.63) is 30.1 Å². The van der Waals surface area contributed by atoms with Gasteiger partial charge in [-0.1, -0.05) is 13.8 Å². The molecule has 1 aromatic rings. The highest BCUT2D eigenvalue weighted by molar-refractivity contribution is 5.73. The maximum Gasteiger partial charge on any atom is 0.345 e. The van der Waals surface area contributed by atoms with E-state index >= 15 is 0 Å². The van der Waals surface area contributed by atoms with Crippen LogP contribution >= 0.6 is 0 Å². The lowest BCUT2D eigenvalue weighted by molar-refractivity contribution is -0.147. The molecule has 0 bridgehead atoms. The fraction of sp³-hybridized carbons (Fsp3) is 0.364. The summed E-state index contributed by atoms with van der Waals surface area (Å²) < 4.78 is 17.8. The van der Waals surface area contributed by atoms with Gasteiger partial charge in [-0.2, -0.15) is 0 Å². The Bertz CT molecular complexity index is 332. The summed E-state index contributed by atoms with van der Waals surface area (Å²) in [5, 5.41) is 8.86. The maximum absolute atomic E-state index is 12.6. The molecule has 0 saturated heterocycles. The number of ether oxygens (including phenoxy) is 1. The maximum atomic E-state index is 12.6. The van der Waals surface area contributed by atoms with Crippen LogP contribution < -0.4 is 4.74 Å². The van der Waals surface area contributed by atoms with E-state index < -0.39 is 12.1 Å².